The van der Waals surface area contributed by atoms with Crippen molar-refractivity contribution in [1.29, 1.82) is 0 Å². The van der Waals surface area contributed by atoms with Gasteiger partial charge in [0.15, 0.2) is 17.3 Å². The van der Waals surface area contributed by atoms with E-state index in [0.29, 0.717) is 0 Å². The lowest BCUT2D eigenvalue weighted by Crippen LogP contribution is -2.62. The highest BCUT2D eigenvalue weighted by Gasteiger charge is 2.41. The van der Waals surface area contributed by atoms with E-state index in [1.807, 2.05) is 48.5 Å². The highest BCUT2D eigenvalue weighted by atomic mass is 16.5. The van der Waals surface area contributed by atoms with Crippen molar-refractivity contribution in [2.75, 3.05) is 4.90 Å². The van der Waals surface area contributed by atoms with Crippen molar-refractivity contribution in [3.05, 3.63) is 180 Å². The molecule has 5 heteroatoms. The van der Waals surface area contributed by atoms with E-state index in [1.54, 1.807) is 0 Å². The summed E-state index contributed by atoms with van der Waals surface area (Å²) in [4.78, 5) is 15.9. The molecular weight excluding hydrogens is 611 g/mol. The summed E-state index contributed by atoms with van der Waals surface area (Å²) >= 11 is 0. The van der Waals surface area contributed by atoms with Gasteiger partial charge in [0, 0.05) is 27.9 Å². The molecule has 0 amide bonds. The minimum absolute atomic E-state index is 0.0349. The fourth-order valence-corrected chi connectivity index (χ4v) is 8.66. The molecule has 0 unspecified atom stereocenters. The lowest BCUT2D eigenvalue weighted by atomic mass is 9.30. The summed E-state index contributed by atoms with van der Waals surface area (Å²) < 4.78 is 9.18. The van der Waals surface area contributed by atoms with Crippen molar-refractivity contribution in [3.63, 3.8) is 0 Å². The average molecular weight is 639 g/mol. The smallest absolute Gasteiger partial charge is 0.244 e. The van der Waals surface area contributed by atoms with Gasteiger partial charge in [-0.2, -0.15) is 0 Å². The molecule has 0 bridgehead atoms. The zero-order valence-corrected chi connectivity index (χ0v) is 26.9. The van der Waals surface area contributed by atoms with Crippen LogP contribution in [0.2, 0.25) is 0 Å². The number of para-hydroxylation sites is 4. The number of ether oxygens (including phenoxy) is 1. The number of hydrogen-bond acceptors (Lipinski definition) is 3. The Morgan fingerprint density at radius 3 is 2.22 bits per heavy atom. The molecule has 3 aliphatic heterocycles. The lowest BCUT2D eigenvalue weighted by Gasteiger charge is -2.34. The molecule has 7 aromatic carbocycles. The second-order valence-corrected chi connectivity index (χ2v) is 13.3. The van der Waals surface area contributed by atoms with E-state index in [2.05, 4.69) is 119 Å². The molecule has 4 heterocycles. The first-order valence-electron chi connectivity index (χ1n) is 17.0. The van der Waals surface area contributed by atoms with Gasteiger partial charge in [-0.3, -0.25) is 4.79 Å². The molecule has 0 spiro atoms. The van der Waals surface area contributed by atoms with Crippen LogP contribution in [0.5, 0.6) is 11.5 Å². The minimum Gasteiger partial charge on any atom is -0.452 e. The number of aromatic nitrogens is 1. The standard InChI is InChI=1S/C45H27BN2O2/c1-27-30-16-11-17-33-43(30)46(35-18-7-5-14-31(35)44(33)49)36-23-22-29(26-34(27)36)48-37-19-8-6-15-32(37)42-39(48)24-25-40-45(42)50-41-21-10-9-20-38(41)47(40)28-12-3-2-4-13-28/h2-26H,1H2. The molecule has 50 heavy (non-hydrogen) atoms. The van der Waals surface area contributed by atoms with Crippen molar-refractivity contribution in [3.8, 4) is 17.2 Å². The van der Waals surface area contributed by atoms with Crippen LogP contribution in [0.15, 0.2) is 158 Å². The summed E-state index contributed by atoms with van der Waals surface area (Å²) in [5, 5.41) is 2.19. The number of hydrogen-bond donors (Lipinski definition) is 0. The van der Waals surface area contributed by atoms with Crippen LogP contribution in [-0.4, -0.2) is 17.1 Å². The van der Waals surface area contributed by atoms with Crippen LogP contribution in [0.1, 0.15) is 27.0 Å². The first kappa shape index (κ1) is 27.4. The van der Waals surface area contributed by atoms with Gasteiger partial charge >= 0.3 is 0 Å². The molecule has 11 rings (SSSR count). The van der Waals surface area contributed by atoms with Crippen molar-refractivity contribution in [2.45, 2.75) is 0 Å². The highest BCUT2D eigenvalue weighted by molar-refractivity contribution is 6.99. The van der Waals surface area contributed by atoms with Crippen LogP contribution >= 0.6 is 0 Å². The maximum Gasteiger partial charge on any atom is 0.244 e. The average Bonchev–Trinajstić information content (AvgIpc) is 3.52. The van der Waals surface area contributed by atoms with Crippen LogP contribution in [0, 0.1) is 0 Å². The van der Waals surface area contributed by atoms with Gasteiger partial charge in [-0.1, -0.05) is 115 Å². The molecule has 0 fully saturated rings. The van der Waals surface area contributed by atoms with Gasteiger partial charge in [-0.25, -0.2) is 0 Å². The van der Waals surface area contributed by atoms with E-state index in [1.165, 1.54) is 5.46 Å². The van der Waals surface area contributed by atoms with Gasteiger partial charge in [-0.05, 0) is 76.8 Å². The SMILES string of the molecule is C=C1c2cc(-n3c4ccccc4c4c5c(ccc43)N(c3ccccc3)c3ccccc3O5)ccc2B2c3ccccc3C(=O)c3cccc1c32. The van der Waals surface area contributed by atoms with Crippen LogP contribution < -0.4 is 26.0 Å². The second-order valence-electron chi connectivity index (χ2n) is 13.3. The Hall–Kier alpha value is -6.59. The largest absolute Gasteiger partial charge is 0.452 e. The fraction of sp³-hybridized carbons (Fsp3) is 0. The molecule has 0 aliphatic carbocycles. The Kier molecular flexibility index (Phi) is 5.46. The van der Waals surface area contributed by atoms with E-state index in [9.17, 15) is 4.79 Å². The van der Waals surface area contributed by atoms with Crippen molar-refractivity contribution < 1.29 is 9.53 Å². The Balaban J connectivity index is 1.15. The molecule has 0 saturated heterocycles. The minimum atomic E-state index is -0.0349. The monoisotopic (exact) mass is 638 g/mol. The molecular formula is C45H27BN2O2. The summed E-state index contributed by atoms with van der Waals surface area (Å²) in [7, 11) is 0. The van der Waals surface area contributed by atoms with Gasteiger partial charge in [0.05, 0.1) is 27.8 Å². The van der Waals surface area contributed by atoms with Crippen LogP contribution in [0.25, 0.3) is 33.1 Å². The number of carbonyl (C=O) groups excluding carboxylic acids is 1. The third-order valence-corrected chi connectivity index (χ3v) is 10.8. The maximum atomic E-state index is 13.6. The zero-order chi connectivity index (χ0) is 33.1. The van der Waals surface area contributed by atoms with Crippen molar-refractivity contribution >= 4 is 73.3 Å². The van der Waals surface area contributed by atoms with Gasteiger partial charge < -0.3 is 14.2 Å². The Bertz CT molecular complexity index is 2800. The third-order valence-electron chi connectivity index (χ3n) is 10.8. The number of fused-ring (bicyclic) bond motifs is 10. The molecule has 0 atom stereocenters. The first-order chi connectivity index (χ1) is 24.7. The molecule has 4 nitrogen and oxygen atoms in total. The van der Waals surface area contributed by atoms with Gasteiger partial charge in [0.2, 0.25) is 6.71 Å². The maximum absolute atomic E-state index is 13.6. The molecule has 0 radical (unpaired) electrons. The van der Waals surface area contributed by atoms with Crippen molar-refractivity contribution in [2.24, 2.45) is 0 Å². The highest BCUT2D eigenvalue weighted by Crippen LogP contribution is 2.54. The quantitative estimate of drug-likeness (QED) is 0.178. The predicted octanol–water partition coefficient (Wildman–Crippen LogP) is 8.79. The predicted molar refractivity (Wildman–Crippen MR) is 205 cm³/mol. The summed E-state index contributed by atoms with van der Waals surface area (Å²) in [6.45, 7) is 4.59. The number of carbonyl (C=O) groups is 1. The fourth-order valence-electron chi connectivity index (χ4n) is 8.66. The van der Waals surface area contributed by atoms with E-state index in [0.717, 1.165) is 94.8 Å². The molecule has 0 N–H and O–H groups in total. The number of nitrogens with zero attached hydrogens (tertiary/aromatic N) is 2. The zero-order valence-electron chi connectivity index (χ0n) is 26.9. The Morgan fingerprint density at radius 1 is 0.560 bits per heavy atom. The summed E-state index contributed by atoms with van der Waals surface area (Å²) in [6.07, 6.45) is 0. The third kappa shape index (κ3) is 3.53. The van der Waals surface area contributed by atoms with E-state index < -0.39 is 0 Å². The van der Waals surface area contributed by atoms with E-state index in [4.69, 9.17) is 4.74 Å². The number of rotatable bonds is 2. The van der Waals surface area contributed by atoms with Gasteiger partial charge in [0.25, 0.3) is 0 Å². The summed E-state index contributed by atoms with van der Waals surface area (Å²) in [5.41, 5.74) is 14.3. The number of benzene rings is 7. The Morgan fingerprint density at radius 2 is 1.30 bits per heavy atom. The summed E-state index contributed by atoms with van der Waals surface area (Å²) in [5.74, 6) is 1.75. The molecule has 0 saturated carbocycles. The number of anilines is 3. The van der Waals surface area contributed by atoms with E-state index >= 15 is 0 Å². The van der Waals surface area contributed by atoms with Crippen LogP contribution in [0.3, 0.4) is 0 Å². The second kappa shape index (κ2) is 9.97. The molecule has 8 aromatic rings. The normalized spacial score (nSPS) is 13.8. The molecule has 3 aliphatic rings. The van der Waals surface area contributed by atoms with Gasteiger partial charge in [0.1, 0.15) is 0 Å². The molecule has 232 valence electrons. The van der Waals surface area contributed by atoms with Crippen molar-refractivity contribution in [1.82, 2.24) is 4.57 Å². The lowest BCUT2D eigenvalue weighted by molar-refractivity contribution is 0.104. The van der Waals surface area contributed by atoms with Gasteiger partial charge in [-0.15, -0.1) is 0 Å². The topological polar surface area (TPSA) is 34.5 Å². The van der Waals surface area contributed by atoms with E-state index in [-0.39, 0.29) is 12.5 Å². The van der Waals surface area contributed by atoms with Crippen LogP contribution in [-0.2, 0) is 0 Å². The first-order valence-corrected chi connectivity index (χ1v) is 17.0. The Labute approximate surface area is 289 Å². The molecule has 1 aromatic heterocycles. The summed E-state index contributed by atoms with van der Waals surface area (Å²) in [6, 6.07) is 52.6. The van der Waals surface area contributed by atoms with Crippen LogP contribution in [0.4, 0.5) is 17.1 Å². The number of ketones is 1.